The average molecular weight is 898 g/mol. The molecule has 2 atom stereocenters. The molecule has 12 heteroatoms. The Balaban J connectivity index is 1.44. The summed E-state index contributed by atoms with van der Waals surface area (Å²) in [6.07, 6.45) is 38.4. The third-order valence-corrected chi connectivity index (χ3v) is 14.1. The Kier molecular flexibility index (Phi) is 17.7. The molecule has 2 unspecified atom stereocenters. The zero-order valence-electron chi connectivity index (χ0n) is 37.0. The van der Waals surface area contributed by atoms with Crippen molar-refractivity contribution in [1.29, 1.82) is 0 Å². The molecule has 3 N–H and O–H groups in total. The Bertz CT molecular complexity index is 2450. The van der Waals surface area contributed by atoms with E-state index in [2.05, 4.69) is 96.2 Å². The minimum Gasteiger partial charge on any atom is -0.481 e. The van der Waals surface area contributed by atoms with Crippen molar-refractivity contribution in [2.24, 2.45) is 0 Å². The van der Waals surface area contributed by atoms with Crippen molar-refractivity contribution in [1.82, 2.24) is 0 Å². The lowest BCUT2D eigenvalue weighted by atomic mass is 9.75. The minimum atomic E-state index is -4.52. The second-order valence-electron chi connectivity index (χ2n) is 17.1. The molecule has 0 radical (unpaired) electrons. The van der Waals surface area contributed by atoms with Gasteiger partial charge in [0.25, 0.3) is 20.2 Å². The Labute approximate surface area is 375 Å². The summed E-state index contributed by atoms with van der Waals surface area (Å²) in [4.78, 5) is 13.0. The molecule has 0 fully saturated rings. The Morgan fingerprint density at radius 3 is 2.24 bits per heavy atom. The van der Waals surface area contributed by atoms with Gasteiger partial charge in [0.15, 0.2) is 5.71 Å². The van der Waals surface area contributed by atoms with Gasteiger partial charge in [-0.05, 0) is 87.8 Å². The van der Waals surface area contributed by atoms with E-state index in [1.165, 1.54) is 41.1 Å². The Morgan fingerprint density at radius 1 is 0.762 bits per heavy atom. The number of unbranched alkanes of at least 4 members (excludes halogenated alkanes) is 5. The lowest BCUT2D eigenvalue weighted by Crippen LogP contribution is -2.31. The first kappa shape index (κ1) is 49.1. The summed E-state index contributed by atoms with van der Waals surface area (Å²) in [7, 11) is -8.68. The zero-order chi connectivity index (χ0) is 45.5. The summed E-state index contributed by atoms with van der Waals surface area (Å²) in [5.74, 6) is -1.24. The van der Waals surface area contributed by atoms with Gasteiger partial charge in [-0.1, -0.05) is 130 Å². The van der Waals surface area contributed by atoms with Gasteiger partial charge in [-0.25, -0.2) is 0 Å². The van der Waals surface area contributed by atoms with E-state index in [9.17, 15) is 30.7 Å². The molecule has 2 heterocycles. The summed E-state index contributed by atoms with van der Waals surface area (Å²) < 4.78 is 69.6. The molecule has 3 aliphatic rings. The quantitative estimate of drug-likeness (QED) is 0.0404. The van der Waals surface area contributed by atoms with Gasteiger partial charge in [-0.15, -0.1) is 0 Å². The van der Waals surface area contributed by atoms with Crippen molar-refractivity contribution in [3.05, 3.63) is 150 Å². The average Bonchev–Trinajstić information content (AvgIpc) is 3.59. The van der Waals surface area contributed by atoms with Crippen LogP contribution in [0.25, 0.3) is 0 Å². The monoisotopic (exact) mass is 897 g/mol. The number of rotatable bonds is 24. The number of benzene rings is 2. The number of allylic oxidation sites excluding steroid dienone is 16. The normalized spacial score (nSPS) is 21.7. The van der Waals surface area contributed by atoms with Crippen molar-refractivity contribution >= 4 is 43.3 Å². The van der Waals surface area contributed by atoms with Crippen molar-refractivity contribution in [2.45, 2.75) is 120 Å². The van der Waals surface area contributed by atoms with Gasteiger partial charge in [0.1, 0.15) is 6.54 Å². The van der Waals surface area contributed by atoms with Crippen molar-refractivity contribution in [2.75, 3.05) is 23.7 Å². The van der Waals surface area contributed by atoms with E-state index in [0.717, 1.165) is 50.0 Å². The number of anilines is 1. The highest BCUT2D eigenvalue weighted by Gasteiger charge is 2.47. The summed E-state index contributed by atoms with van der Waals surface area (Å²) in [6.45, 7) is 8.02. The number of carbonyl (C=O) groups is 1. The molecule has 2 aromatic rings. The molecule has 0 saturated carbocycles. The lowest BCUT2D eigenvalue weighted by Gasteiger charge is -2.30. The van der Waals surface area contributed by atoms with Gasteiger partial charge >= 0.3 is 5.97 Å². The van der Waals surface area contributed by atoms with Crippen molar-refractivity contribution in [3.8, 4) is 0 Å². The fourth-order valence-electron chi connectivity index (χ4n) is 9.13. The topological polar surface area (TPSA) is 152 Å². The maximum atomic E-state index is 12.3. The minimum absolute atomic E-state index is 0.0702. The molecule has 338 valence electrons. The molecule has 0 bridgehead atoms. The molecular weight excluding hydrogens is 833 g/mol. The van der Waals surface area contributed by atoms with Crippen LogP contribution in [-0.4, -0.2) is 66.1 Å². The summed E-state index contributed by atoms with van der Waals surface area (Å²) >= 11 is 0. The van der Waals surface area contributed by atoms with Crippen LogP contribution in [-0.2, 0) is 35.9 Å². The molecule has 2 aliphatic heterocycles. The molecule has 1 aliphatic carbocycles. The highest BCUT2D eigenvalue weighted by Crippen LogP contribution is 2.51. The number of para-hydroxylation sites is 1. The van der Waals surface area contributed by atoms with E-state index in [-0.39, 0.29) is 23.2 Å². The predicted molar refractivity (Wildman–Crippen MR) is 255 cm³/mol. The second kappa shape index (κ2) is 22.7. The third kappa shape index (κ3) is 13.3. The van der Waals surface area contributed by atoms with Gasteiger partial charge in [0, 0.05) is 53.9 Å². The SMILES string of the molecule is CCCCCC1(C)C(/C=C/C=C/C=C/C=C2/N(CCCCCC(=O)O)c3ccc(S(=O)(=O)O)cc3C2(C)CCCCS(=O)(=O)O)=[N+](CCCC2=C/C=C\C=C/C=C2)c2ccccc21. The summed E-state index contributed by atoms with van der Waals surface area (Å²) in [5.41, 5.74) is 6.62. The van der Waals surface area contributed by atoms with E-state index >= 15 is 0 Å². The first-order valence-corrected chi connectivity index (χ1v) is 25.4. The largest absolute Gasteiger partial charge is 0.481 e. The van der Waals surface area contributed by atoms with Gasteiger partial charge in [-0.2, -0.15) is 21.4 Å². The van der Waals surface area contributed by atoms with E-state index in [0.29, 0.717) is 44.2 Å². The van der Waals surface area contributed by atoms with Crippen LogP contribution in [0.2, 0.25) is 0 Å². The summed E-state index contributed by atoms with van der Waals surface area (Å²) in [6, 6.07) is 13.3. The zero-order valence-corrected chi connectivity index (χ0v) is 38.7. The molecule has 63 heavy (non-hydrogen) atoms. The van der Waals surface area contributed by atoms with Crippen molar-refractivity contribution < 1.29 is 40.4 Å². The Hall–Kier alpha value is -4.88. The number of fused-ring (bicyclic) bond motifs is 2. The van der Waals surface area contributed by atoms with Crippen LogP contribution in [0.5, 0.6) is 0 Å². The first-order valence-electron chi connectivity index (χ1n) is 22.3. The van der Waals surface area contributed by atoms with Crippen LogP contribution < -0.4 is 4.90 Å². The second-order valence-corrected chi connectivity index (χ2v) is 20.1. The van der Waals surface area contributed by atoms with Gasteiger partial charge < -0.3 is 10.0 Å². The standard InChI is InChI=1S/C51H64N2O8S2/c1-4-5-20-35-50(2)43-28-18-19-29-45(43)53(38-24-27-41-25-13-8-6-9-14-26-41)47(50)30-15-10-7-11-16-31-48-51(3,36-21-23-39-62(56,57)58)44-40-42(63(59,60)61)33-34-46(44)52(48)37-22-12-17-32-49(54)55/h6-11,13-16,18-19,25-26,28-31,33-34,40H,4-5,12,17,20-24,27,32,35-39H2,1-3H3,(H2-,54,55,56,57,58,59,60,61)/p+1/b8-6-,9-6?,13-8?,14-9-,25-13?,26-14?,41-25?,41-26?. The fourth-order valence-corrected chi connectivity index (χ4v) is 10.2. The van der Waals surface area contributed by atoms with Gasteiger partial charge in [0.2, 0.25) is 5.69 Å². The number of hydrogen-bond donors (Lipinski definition) is 3. The lowest BCUT2D eigenvalue weighted by molar-refractivity contribution is -0.438. The molecule has 10 nitrogen and oxygen atoms in total. The molecule has 5 rings (SSSR count). The summed E-state index contributed by atoms with van der Waals surface area (Å²) in [5, 5.41) is 9.17. The van der Waals surface area contributed by atoms with Crippen LogP contribution in [0.1, 0.15) is 115 Å². The number of nitrogens with zero attached hydrogens (tertiary/aromatic N) is 2. The van der Waals surface area contributed by atoms with Crippen LogP contribution in [0.4, 0.5) is 11.4 Å². The van der Waals surface area contributed by atoms with Crippen LogP contribution >= 0.6 is 0 Å². The molecule has 0 saturated heterocycles. The fraction of sp³-hybridized carbons (Fsp3) is 0.412. The highest BCUT2D eigenvalue weighted by atomic mass is 32.2. The number of carboxylic acids is 1. The van der Waals surface area contributed by atoms with Crippen molar-refractivity contribution in [3.63, 3.8) is 0 Å². The number of aliphatic carboxylic acids is 1. The van der Waals surface area contributed by atoms with E-state index in [1.807, 2.05) is 43.4 Å². The molecule has 2 aromatic carbocycles. The molecule has 0 aromatic heterocycles. The molecule has 0 amide bonds. The van der Waals surface area contributed by atoms with Crippen LogP contribution in [0, 0.1) is 0 Å². The van der Waals surface area contributed by atoms with Gasteiger partial charge in [0.05, 0.1) is 16.1 Å². The predicted octanol–water partition coefficient (Wildman–Crippen LogP) is 11.3. The van der Waals surface area contributed by atoms with Crippen LogP contribution in [0.3, 0.4) is 0 Å². The van der Waals surface area contributed by atoms with E-state index in [1.54, 1.807) is 6.07 Å². The van der Waals surface area contributed by atoms with E-state index < -0.39 is 37.4 Å². The van der Waals surface area contributed by atoms with E-state index in [4.69, 9.17) is 5.11 Å². The number of carboxylic acid groups (broad SMARTS) is 1. The maximum Gasteiger partial charge on any atom is 0.303 e. The first-order chi connectivity index (χ1) is 30.1. The van der Waals surface area contributed by atoms with Crippen LogP contribution in [0.15, 0.2) is 144 Å². The smallest absolute Gasteiger partial charge is 0.303 e. The number of hydrogen-bond acceptors (Lipinski definition) is 6. The molecule has 0 spiro atoms. The van der Waals surface area contributed by atoms with Gasteiger partial charge in [-0.3, -0.25) is 13.9 Å². The highest BCUT2D eigenvalue weighted by molar-refractivity contribution is 7.86. The Morgan fingerprint density at radius 2 is 1.48 bits per heavy atom. The third-order valence-electron chi connectivity index (χ3n) is 12.4. The molecular formula is C51H65N2O8S2+. The maximum absolute atomic E-state index is 12.3.